The first-order valence-electron chi connectivity index (χ1n) is 4.99. The third-order valence-electron chi connectivity index (χ3n) is 2.90. The molecule has 1 saturated carbocycles. The van der Waals surface area contributed by atoms with E-state index in [1.165, 1.54) is 25.7 Å². The van der Waals surface area contributed by atoms with Gasteiger partial charge in [0.1, 0.15) is 0 Å². The van der Waals surface area contributed by atoms with Crippen molar-refractivity contribution < 1.29 is 5.11 Å². The highest BCUT2D eigenvalue weighted by molar-refractivity contribution is 4.76. The average Bonchev–Trinajstić information content (AvgIpc) is 2.04. The number of hydrogen-bond acceptors (Lipinski definition) is 2. The molecule has 1 fully saturated rings. The Morgan fingerprint density at radius 2 is 1.75 bits per heavy atom. The summed E-state index contributed by atoms with van der Waals surface area (Å²) in [6, 6.07) is 0. The molecule has 0 aromatic rings. The van der Waals surface area contributed by atoms with E-state index in [0.717, 1.165) is 12.5 Å². The van der Waals surface area contributed by atoms with E-state index >= 15 is 0 Å². The summed E-state index contributed by atoms with van der Waals surface area (Å²) in [4.78, 5) is 2.23. The Labute approximate surface area is 75.6 Å². The topological polar surface area (TPSA) is 23.5 Å². The van der Waals surface area contributed by atoms with Crippen molar-refractivity contribution in [3.8, 4) is 0 Å². The van der Waals surface area contributed by atoms with E-state index in [2.05, 4.69) is 19.0 Å². The minimum Gasteiger partial charge on any atom is -0.396 e. The highest BCUT2D eigenvalue weighted by atomic mass is 16.3. The van der Waals surface area contributed by atoms with Gasteiger partial charge in [-0.15, -0.1) is 0 Å². The van der Waals surface area contributed by atoms with Crippen LogP contribution in [0.15, 0.2) is 0 Å². The maximum absolute atomic E-state index is 9.16. The van der Waals surface area contributed by atoms with Gasteiger partial charge in [0, 0.05) is 13.2 Å². The van der Waals surface area contributed by atoms with Gasteiger partial charge in [0.25, 0.3) is 0 Å². The van der Waals surface area contributed by atoms with Gasteiger partial charge in [-0.25, -0.2) is 0 Å². The summed E-state index contributed by atoms with van der Waals surface area (Å²) in [6.45, 7) is 1.53. The van der Waals surface area contributed by atoms with Crippen molar-refractivity contribution in [3.63, 3.8) is 0 Å². The predicted octanol–water partition coefficient (Wildman–Crippen LogP) is 1.35. The Morgan fingerprint density at radius 3 is 2.25 bits per heavy atom. The minimum atomic E-state index is 0.387. The molecule has 0 bridgehead atoms. The lowest BCUT2D eigenvalue weighted by Crippen LogP contribution is -2.31. The Morgan fingerprint density at radius 1 is 1.17 bits per heavy atom. The molecule has 0 radical (unpaired) electrons. The van der Waals surface area contributed by atoms with Crippen LogP contribution in [-0.2, 0) is 0 Å². The third-order valence-corrected chi connectivity index (χ3v) is 2.90. The van der Waals surface area contributed by atoms with Gasteiger partial charge >= 0.3 is 0 Å². The van der Waals surface area contributed by atoms with Crippen LogP contribution < -0.4 is 0 Å². The molecular weight excluding hydrogens is 150 g/mol. The molecule has 2 heteroatoms. The van der Waals surface area contributed by atoms with E-state index in [4.69, 9.17) is 5.11 Å². The first-order chi connectivity index (χ1) is 5.74. The van der Waals surface area contributed by atoms with Crippen molar-refractivity contribution >= 4 is 0 Å². The zero-order chi connectivity index (χ0) is 8.97. The molecule has 12 heavy (non-hydrogen) atoms. The highest BCUT2D eigenvalue weighted by Gasteiger charge is 2.24. The van der Waals surface area contributed by atoms with Crippen LogP contribution in [0.1, 0.15) is 25.7 Å². The van der Waals surface area contributed by atoms with E-state index in [9.17, 15) is 0 Å². The summed E-state index contributed by atoms with van der Waals surface area (Å²) in [5.74, 6) is 1.31. The summed E-state index contributed by atoms with van der Waals surface area (Å²) < 4.78 is 0. The van der Waals surface area contributed by atoms with Crippen molar-refractivity contribution in [3.05, 3.63) is 0 Å². The molecule has 1 aliphatic carbocycles. The first-order valence-corrected chi connectivity index (χ1v) is 4.99. The predicted molar refractivity (Wildman–Crippen MR) is 51.1 cm³/mol. The fraction of sp³-hybridized carbons (Fsp3) is 1.00. The Balaban J connectivity index is 2.36. The van der Waals surface area contributed by atoms with Crippen molar-refractivity contribution in [2.45, 2.75) is 25.7 Å². The summed E-state index contributed by atoms with van der Waals surface area (Å²) in [6.07, 6.45) is 5.21. The average molecular weight is 171 g/mol. The lowest BCUT2D eigenvalue weighted by molar-refractivity contribution is 0.114. The van der Waals surface area contributed by atoms with Gasteiger partial charge < -0.3 is 10.0 Å². The van der Waals surface area contributed by atoms with Gasteiger partial charge in [0.2, 0.25) is 0 Å². The van der Waals surface area contributed by atoms with Gasteiger partial charge in [-0.2, -0.15) is 0 Å². The van der Waals surface area contributed by atoms with Crippen molar-refractivity contribution in [1.82, 2.24) is 4.90 Å². The molecule has 1 N–H and O–H groups in total. The lowest BCUT2D eigenvalue weighted by atomic mass is 9.79. The van der Waals surface area contributed by atoms with Gasteiger partial charge in [-0.3, -0.25) is 0 Å². The summed E-state index contributed by atoms with van der Waals surface area (Å²) in [5, 5.41) is 9.16. The SMILES string of the molecule is CN(C)C[C@@H]1CCCC[C@@H]1CO. The van der Waals surface area contributed by atoms with Crippen molar-refractivity contribution in [1.29, 1.82) is 0 Å². The first kappa shape index (κ1) is 10.0. The van der Waals surface area contributed by atoms with Gasteiger partial charge in [0.05, 0.1) is 0 Å². The summed E-state index contributed by atoms with van der Waals surface area (Å²) >= 11 is 0. The van der Waals surface area contributed by atoms with Crippen LogP contribution in [0.5, 0.6) is 0 Å². The van der Waals surface area contributed by atoms with Crippen LogP contribution in [0, 0.1) is 11.8 Å². The van der Waals surface area contributed by atoms with E-state index in [0.29, 0.717) is 12.5 Å². The van der Waals surface area contributed by atoms with E-state index in [1.807, 2.05) is 0 Å². The molecule has 0 amide bonds. The van der Waals surface area contributed by atoms with E-state index < -0.39 is 0 Å². The van der Waals surface area contributed by atoms with Crippen LogP contribution in [0.4, 0.5) is 0 Å². The van der Waals surface area contributed by atoms with Gasteiger partial charge in [0.15, 0.2) is 0 Å². The van der Waals surface area contributed by atoms with Crippen molar-refractivity contribution in [2.75, 3.05) is 27.2 Å². The molecule has 1 aliphatic rings. The second-order valence-corrected chi connectivity index (χ2v) is 4.25. The molecule has 0 aromatic carbocycles. The highest BCUT2D eigenvalue weighted by Crippen LogP contribution is 2.29. The molecule has 1 rings (SSSR count). The quantitative estimate of drug-likeness (QED) is 0.693. The molecule has 0 heterocycles. The van der Waals surface area contributed by atoms with Crippen LogP contribution in [0.3, 0.4) is 0 Å². The number of hydrogen-bond donors (Lipinski definition) is 1. The standard InChI is InChI=1S/C10H21NO/c1-11(2)7-9-5-3-4-6-10(9)8-12/h9-10,12H,3-8H2,1-2H3/t9-,10+/m0/s1. The molecule has 0 unspecified atom stereocenters. The second-order valence-electron chi connectivity index (χ2n) is 4.25. The fourth-order valence-electron chi connectivity index (χ4n) is 2.23. The van der Waals surface area contributed by atoms with Gasteiger partial charge in [-0.05, 0) is 38.8 Å². The van der Waals surface area contributed by atoms with Crippen LogP contribution in [0.25, 0.3) is 0 Å². The maximum atomic E-state index is 9.16. The summed E-state index contributed by atoms with van der Waals surface area (Å²) in [5.41, 5.74) is 0. The van der Waals surface area contributed by atoms with Crippen molar-refractivity contribution in [2.24, 2.45) is 11.8 Å². The van der Waals surface area contributed by atoms with Gasteiger partial charge in [-0.1, -0.05) is 12.8 Å². The van der Waals surface area contributed by atoms with Crippen LogP contribution >= 0.6 is 0 Å². The smallest absolute Gasteiger partial charge is 0.0462 e. The van der Waals surface area contributed by atoms with E-state index in [1.54, 1.807) is 0 Å². The molecule has 72 valence electrons. The Hall–Kier alpha value is -0.0800. The zero-order valence-corrected chi connectivity index (χ0v) is 8.29. The number of aliphatic hydroxyl groups is 1. The van der Waals surface area contributed by atoms with E-state index in [-0.39, 0.29) is 0 Å². The normalized spacial score (nSPS) is 31.0. The number of rotatable bonds is 3. The monoisotopic (exact) mass is 171 g/mol. The molecule has 2 atom stereocenters. The Bertz CT molecular complexity index is 125. The second kappa shape index (κ2) is 4.83. The molecule has 0 aliphatic heterocycles. The molecular formula is C10H21NO. The number of aliphatic hydroxyl groups excluding tert-OH is 1. The number of nitrogens with zero attached hydrogens (tertiary/aromatic N) is 1. The fourth-order valence-corrected chi connectivity index (χ4v) is 2.23. The molecule has 2 nitrogen and oxygen atoms in total. The minimum absolute atomic E-state index is 0.387. The zero-order valence-electron chi connectivity index (χ0n) is 8.29. The summed E-state index contributed by atoms with van der Waals surface area (Å²) in [7, 11) is 4.23. The lowest BCUT2D eigenvalue weighted by Gasteiger charge is -2.32. The molecule has 0 saturated heterocycles. The molecule has 0 aromatic heterocycles. The third kappa shape index (κ3) is 2.76. The largest absolute Gasteiger partial charge is 0.396 e. The van der Waals surface area contributed by atoms with Crippen LogP contribution in [-0.4, -0.2) is 37.3 Å². The maximum Gasteiger partial charge on any atom is 0.0462 e. The molecule has 0 spiro atoms. The van der Waals surface area contributed by atoms with Crippen LogP contribution in [0.2, 0.25) is 0 Å². The Kier molecular flexibility index (Phi) is 4.02.